The molecule has 218 valence electrons. The lowest BCUT2D eigenvalue weighted by atomic mass is 9.52. The molecule has 2 aliphatic heterocycles. The molecule has 0 aromatic heterocycles. The molecule has 7 rings (SSSR count). The van der Waals surface area contributed by atoms with Crippen LogP contribution < -0.4 is 0 Å². The molecule has 1 aromatic rings. The zero-order chi connectivity index (χ0) is 27.8. The fourth-order valence-electron chi connectivity index (χ4n) is 10.9. The van der Waals surface area contributed by atoms with Gasteiger partial charge in [-0.25, -0.2) is 4.79 Å². The van der Waals surface area contributed by atoms with Gasteiger partial charge in [0.25, 0.3) is 0 Å². The molecule has 11 atom stereocenters. The third-order valence-electron chi connectivity index (χ3n) is 13.0. The third kappa shape index (κ3) is 4.04. The van der Waals surface area contributed by atoms with Gasteiger partial charge in [0.05, 0.1) is 23.9 Å². The van der Waals surface area contributed by atoms with Gasteiger partial charge in [-0.2, -0.15) is 0 Å². The molecule has 40 heavy (non-hydrogen) atoms. The SMILES string of the molecule is CC1=C2C[C@H]3C(CC[C@@H]4C[C@@H](O)CCC43C)[C@@H]2CC[C@]12O[C@@H]1CC(C)CN(C(=O)OCc3ccccc3)[C@H]1[C@H]2C. The first-order valence-electron chi connectivity index (χ1n) is 16.2. The Bertz CT molecular complexity index is 1170. The van der Waals surface area contributed by atoms with Crippen LogP contribution in [0.4, 0.5) is 4.79 Å². The Balaban J connectivity index is 1.15. The van der Waals surface area contributed by atoms with Crippen molar-refractivity contribution in [2.24, 2.45) is 40.9 Å². The van der Waals surface area contributed by atoms with Crippen LogP contribution in [-0.4, -0.2) is 46.5 Å². The van der Waals surface area contributed by atoms with Gasteiger partial charge in [0.2, 0.25) is 0 Å². The Morgan fingerprint density at radius 2 is 1.90 bits per heavy atom. The van der Waals surface area contributed by atoms with Crippen molar-refractivity contribution in [3.8, 4) is 0 Å². The largest absolute Gasteiger partial charge is 0.445 e. The summed E-state index contributed by atoms with van der Waals surface area (Å²) in [4.78, 5) is 15.5. The molecule has 3 unspecified atom stereocenters. The van der Waals surface area contributed by atoms with Crippen molar-refractivity contribution >= 4 is 6.09 Å². The molecule has 2 saturated heterocycles. The van der Waals surface area contributed by atoms with E-state index in [0.717, 1.165) is 49.6 Å². The number of hydrogen-bond acceptors (Lipinski definition) is 4. The summed E-state index contributed by atoms with van der Waals surface area (Å²) in [5.41, 5.74) is 4.33. The second kappa shape index (κ2) is 9.87. The van der Waals surface area contributed by atoms with E-state index in [1.165, 1.54) is 37.7 Å². The molecule has 4 aliphatic carbocycles. The van der Waals surface area contributed by atoms with Crippen molar-refractivity contribution in [1.29, 1.82) is 0 Å². The highest BCUT2D eigenvalue weighted by Gasteiger charge is 2.63. The second-order valence-electron chi connectivity index (χ2n) is 14.8. The summed E-state index contributed by atoms with van der Waals surface area (Å²) >= 11 is 0. The smallest absolute Gasteiger partial charge is 0.410 e. The number of ether oxygens (including phenoxy) is 2. The number of piperidine rings is 1. The number of carbonyl (C=O) groups excluding carboxylic acids is 1. The first kappa shape index (κ1) is 27.0. The van der Waals surface area contributed by atoms with Crippen LogP contribution in [0.3, 0.4) is 0 Å². The lowest BCUT2D eigenvalue weighted by Crippen LogP contribution is -2.54. The highest BCUT2D eigenvalue weighted by Crippen LogP contribution is 2.66. The van der Waals surface area contributed by atoms with Crippen LogP contribution in [0, 0.1) is 40.9 Å². The molecule has 1 amide bonds. The van der Waals surface area contributed by atoms with E-state index in [0.29, 0.717) is 29.8 Å². The molecule has 5 fully saturated rings. The van der Waals surface area contributed by atoms with Crippen LogP contribution in [0.5, 0.6) is 0 Å². The second-order valence-corrected chi connectivity index (χ2v) is 14.8. The first-order valence-corrected chi connectivity index (χ1v) is 16.2. The first-order chi connectivity index (χ1) is 19.2. The Morgan fingerprint density at radius 1 is 1.10 bits per heavy atom. The minimum Gasteiger partial charge on any atom is -0.445 e. The van der Waals surface area contributed by atoms with E-state index in [2.05, 4.69) is 27.7 Å². The monoisotopic (exact) mass is 547 g/mol. The maximum absolute atomic E-state index is 13.5. The molecular formula is C35H49NO4. The van der Waals surface area contributed by atoms with E-state index in [4.69, 9.17) is 9.47 Å². The zero-order valence-corrected chi connectivity index (χ0v) is 25.0. The van der Waals surface area contributed by atoms with Gasteiger partial charge in [0, 0.05) is 12.5 Å². The number of hydrogen-bond donors (Lipinski definition) is 1. The van der Waals surface area contributed by atoms with Gasteiger partial charge < -0.3 is 19.5 Å². The van der Waals surface area contributed by atoms with E-state index >= 15 is 0 Å². The summed E-state index contributed by atoms with van der Waals surface area (Å²) in [6, 6.07) is 10.1. The van der Waals surface area contributed by atoms with Gasteiger partial charge in [-0.15, -0.1) is 0 Å². The summed E-state index contributed by atoms with van der Waals surface area (Å²) in [5, 5.41) is 10.4. The highest BCUT2D eigenvalue weighted by molar-refractivity contribution is 5.68. The Morgan fingerprint density at radius 3 is 2.70 bits per heavy atom. The van der Waals surface area contributed by atoms with E-state index < -0.39 is 0 Å². The minimum atomic E-state index is -0.264. The third-order valence-corrected chi connectivity index (χ3v) is 13.0. The standard InChI is InChI=1S/C35H49NO4/c1-21-16-31-32(36(19-21)33(38)39-20-24-8-6-5-7-9-24)23(3)35(40-31)15-13-27-28-11-10-25-17-26(37)12-14-34(25,4)30(28)18-29(27)22(35)2/h5-9,21,23,25-28,30-32,37H,10-20H2,1-4H3/t21?,23-,25-,26+,27+,28?,30+,31-,32+,34?,35+/m1/s1. The lowest BCUT2D eigenvalue weighted by Gasteiger charge is -2.53. The molecule has 0 bridgehead atoms. The van der Waals surface area contributed by atoms with Crippen molar-refractivity contribution in [2.75, 3.05) is 6.54 Å². The molecule has 1 aromatic carbocycles. The fourth-order valence-corrected chi connectivity index (χ4v) is 10.9. The van der Waals surface area contributed by atoms with Crippen LogP contribution >= 0.6 is 0 Å². The summed E-state index contributed by atoms with van der Waals surface area (Å²) < 4.78 is 13.1. The van der Waals surface area contributed by atoms with E-state index in [1.807, 2.05) is 35.2 Å². The molecule has 5 nitrogen and oxygen atoms in total. The van der Waals surface area contributed by atoms with Crippen LogP contribution in [0.15, 0.2) is 41.5 Å². The summed E-state index contributed by atoms with van der Waals surface area (Å²) in [6.45, 7) is 10.6. The number of aliphatic hydroxyl groups excluding tert-OH is 1. The maximum Gasteiger partial charge on any atom is 0.410 e. The summed E-state index contributed by atoms with van der Waals surface area (Å²) in [5.74, 6) is 3.55. The number of nitrogens with zero attached hydrogens (tertiary/aromatic N) is 1. The van der Waals surface area contributed by atoms with Crippen molar-refractivity contribution in [1.82, 2.24) is 4.90 Å². The van der Waals surface area contributed by atoms with Crippen molar-refractivity contribution in [3.05, 3.63) is 47.0 Å². The van der Waals surface area contributed by atoms with E-state index in [9.17, 15) is 9.90 Å². The number of fused-ring (bicyclic) bond motifs is 6. The predicted octanol–water partition coefficient (Wildman–Crippen LogP) is 7.13. The van der Waals surface area contributed by atoms with Gasteiger partial charge in [-0.3, -0.25) is 0 Å². The number of rotatable bonds is 2. The van der Waals surface area contributed by atoms with E-state index in [1.54, 1.807) is 5.57 Å². The van der Waals surface area contributed by atoms with Crippen LogP contribution in [0.2, 0.25) is 0 Å². The topological polar surface area (TPSA) is 59.0 Å². The van der Waals surface area contributed by atoms with Gasteiger partial charge >= 0.3 is 6.09 Å². The van der Waals surface area contributed by atoms with Gasteiger partial charge in [-0.05, 0) is 111 Å². The number of amides is 1. The Labute approximate surface area is 240 Å². The average molecular weight is 548 g/mol. The van der Waals surface area contributed by atoms with Crippen LogP contribution in [-0.2, 0) is 16.1 Å². The predicted molar refractivity (Wildman–Crippen MR) is 155 cm³/mol. The highest BCUT2D eigenvalue weighted by atomic mass is 16.6. The van der Waals surface area contributed by atoms with Crippen molar-refractivity contribution in [3.63, 3.8) is 0 Å². The quantitative estimate of drug-likeness (QED) is 0.400. The summed E-state index contributed by atoms with van der Waals surface area (Å²) in [7, 11) is 0. The molecule has 6 aliphatic rings. The molecule has 5 heteroatoms. The number of aliphatic hydroxyl groups is 1. The molecule has 1 spiro atoms. The van der Waals surface area contributed by atoms with E-state index in [-0.39, 0.29) is 35.9 Å². The number of benzene rings is 1. The maximum atomic E-state index is 13.5. The van der Waals surface area contributed by atoms with Crippen molar-refractivity contribution in [2.45, 2.75) is 116 Å². The Kier molecular flexibility index (Phi) is 6.66. The van der Waals surface area contributed by atoms with Crippen molar-refractivity contribution < 1.29 is 19.4 Å². The van der Waals surface area contributed by atoms with Crippen LogP contribution in [0.1, 0.15) is 91.0 Å². The van der Waals surface area contributed by atoms with Gasteiger partial charge in [0.1, 0.15) is 6.61 Å². The zero-order valence-electron chi connectivity index (χ0n) is 25.0. The molecule has 1 N–H and O–H groups in total. The lowest BCUT2D eigenvalue weighted by molar-refractivity contribution is -0.0742. The van der Waals surface area contributed by atoms with Gasteiger partial charge in [-0.1, -0.05) is 56.7 Å². The molecule has 3 saturated carbocycles. The molecular weight excluding hydrogens is 498 g/mol. The molecule has 0 radical (unpaired) electrons. The molecule has 2 heterocycles. The number of carbonyl (C=O) groups is 1. The van der Waals surface area contributed by atoms with Gasteiger partial charge in [0.15, 0.2) is 0 Å². The normalized spacial score (nSPS) is 46.0. The number of allylic oxidation sites excluding steroid dienone is 1. The number of likely N-dealkylation sites (tertiary alicyclic amines) is 1. The van der Waals surface area contributed by atoms with Crippen LogP contribution in [0.25, 0.3) is 0 Å². The fraction of sp³-hybridized carbons (Fsp3) is 0.743. The summed E-state index contributed by atoms with van der Waals surface area (Å²) in [6.07, 6.45) is 10.1. The average Bonchev–Trinajstić information content (AvgIpc) is 3.47. The minimum absolute atomic E-state index is 0.0667. The Hall–Kier alpha value is -1.85.